The summed E-state index contributed by atoms with van der Waals surface area (Å²) in [5, 5.41) is 3.14. The van der Waals surface area contributed by atoms with Crippen LogP contribution in [0, 0.1) is 6.92 Å². The molecule has 0 aromatic heterocycles. The fraction of sp³-hybridized carbons (Fsp3) is 0.250. The lowest BCUT2D eigenvalue weighted by atomic mass is 10.1. The Morgan fingerprint density at radius 3 is 2.67 bits per heavy atom. The molecule has 0 aliphatic heterocycles. The van der Waals surface area contributed by atoms with Gasteiger partial charge in [-0.2, -0.15) is 0 Å². The molecule has 0 bridgehead atoms. The monoisotopic (exact) mass is 241 g/mol. The molecule has 18 heavy (non-hydrogen) atoms. The minimum atomic E-state index is 0.621. The topological polar surface area (TPSA) is 21.3 Å². The largest absolute Gasteiger partial charge is 0.489 e. The normalized spacial score (nSPS) is 10.3. The van der Waals surface area contributed by atoms with E-state index in [4.69, 9.17) is 4.74 Å². The van der Waals surface area contributed by atoms with Gasteiger partial charge in [0.1, 0.15) is 12.4 Å². The number of hydrogen-bond donors (Lipinski definition) is 1. The average Bonchev–Trinajstić information content (AvgIpc) is 2.39. The van der Waals surface area contributed by atoms with E-state index in [1.54, 1.807) is 0 Å². The van der Waals surface area contributed by atoms with Crippen LogP contribution in [-0.4, -0.2) is 7.05 Å². The molecule has 0 aliphatic rings. The van der Waals surface area contributed by atoms with Crippen LogP contribution in [0.5, 0.6) is 5.75 Å². The smallest absolute Gasteiger partial charge is 0.120 e. The molecule has 0 atom stereocenters. The van der Waals surface area contributed by atoms with Gasteiger partial charge < -0.3 is 10.1 Å². The summed E-state index contributed by atoms with van der Waals surface area (Å²) in [4.78, 5) is 0. The summed E-state index contributed by atoms with van der Waals surface area (Å²) in [5.74, 6) is 0.922. The SMILES string of the molecule is CNCc1cccc(OCc2ccccc2C)c1. The number of ether oxygens (including phenoxy) is 1. The number of rotatable bonds is 5. The molecule has 0 saturated heterocycles. The lowest BCUT2D eigenvalue weighted by Gasteiger charge is -2.09. The molecular weight excluding hydrogens is 222 g/mol. The van der Waals surface area contributed by atoms with Gasteiger partial charge in [-0.05, 0) is 42.8 Å². The summed E-state index contributed by atoms with van der Waals surface area (Å²) >= 11 is 0. The van der Waals surface area contributed by atoms with Gasteiger partial charge in [0, 0.05) is 6.54 Å². The molecule has 2 aromatic rings. The molecule has 2 heteroatoms. The van der Waals surface area contributed by atoms with E-state index in [1.807, 2.05) is 31.3 Å². The van der Waals surface area contributed by atoms with Crippen LogP contribution < -0.4 is 10.1 Å². The van der Waals surface area contributed by atoms with Crippen molar-refractivity contribution in [1.82, 2.24) is 5.32 Å². The predicted molar refractivity (Wildman–Crippen MR) is 74.7 cm³/mol. The van der Waals surface area contributed by atoms with Crippen molar-refractivity contribution >= 4 is 0 Å². The Kier molecular flexibility index (Phi) is 4.37. The summed E-state index contributed by atoms with van der Waals surface area (Å²) < 4.78 is 5.83. The van der Waals surface area contributed by atoms with Crippen LogP contribution in [0.1, 0.15) is 16.7 Å². The zero-order valence-electron chi connectivity index (χ0n) is 10.9. The molecule has 2 rings (SSSR count). The van der Waals surface area contributed by atoms with Crippen LogP contribution in [0.25, 0.3) is 0 Å². The molecule has 0 fully saturated rings. The Hall–Kier alpha value is -1.80. The molecule has 2 nitrogen and oxygen atoms in total. The van der Waals surface area contributed by atoms with Crippen LogP contribution in [-0.2, 0) is 13.2 Å². The maximum Gasteiger partial charge on any atom is 0.120 e. The molecule has 0 unspecified atom stereocenters. The number of nitrogens with one attached hydrogen (secondary N) is 1. The number of benzene rings is 2. The van der Waals surface area contributed by atoms with E-state index in [-0.39, 0.29) is 0 Å². The second kappa shape index (κ2) is 6.22. The Morgan fingerprint density at radius 2 is 1.89 bits per heavy atom. The first kappa shape index (κ1) is 12.7. The first-order chi connectivity index (χ1) is 8.79. The third-order valence-electron chi connectivity index (χ3n) is 2.93. The van der Waals surface area contributed by atoms with Crippen LogP contribution >= 0.6 is 0 Å². The first-order valence-corrected chi connectivity index (χ1v) is 6.20. The zero-order chi connectivity index (χ0) is 12.8. The highest BCUT2D eigenvalue weighted by Gasteiger charge is 2.00. The van der Waals surface area contributed by atoms with Crippen molar-refractivity contribution in [2.75, 3.05) is 7.05 Å². The second-order valence-corrected chi connectivity index (χ2v) is 4.39. The Balaban J connectivity index is 2.02. The Morgan fingerprint density at radius 1 is 1.06 bits per heavy atom. The van der Waals surface area contributed by atoms with Gasteiger partial charge in [0.25, 0.3) is 0 Å². The van der Waals surface area contributed by atoms with Crippen molar-refractivity contribution in [3.05, 3.63) is 65.2 Å². The van der Waals surface area contributed by atoms with E-state index in [1.165, 1.54) is 16.7 Å². The van der Waals surface area contributed by atoms with Crippen molar-refractivity contribution in [3.63, 3.8) is 0 Å². The standard InChI is InChI=1S/C16H19NO/c1-13-6-3-4-8-15(13)12-18-16-9-5-7-14(10-16)11-17-2/h3-10,17H,11-12H2,1-2H3. The molecular formula is C16H19NO. The van der Waals surface area contributed by atoms with Gasteiger partial charge in [0.05, 0.1) is 0 Å². The van der Waals surface area contributed by atoms with Crippen molar-refractivity contribution in [1.29, 1.82) is 0 Å². The lowest BCUT2D eigenvalue weighted by Crippen LogP contribution is -2.05. The molecule has 0 spiro atoms. The maximum atomic E-state index is 5.83. The van der Waals surface area contributed by atoms with Crippen LogP contribution in [0.3, 0.4) is 0 Å². The van der Waals surface area contributed by atoms with Gasteiger partial charge in [-0.25, -0.2) is 0 Å². The summed E-state index contributed by atoms with van der Waals surface area (Å²) in [6.45, 7) is 3.59. The van der Waals surface area contributed by atoms with Gasteiger partial charge >= 0.3 is 0 Å². The molecule has 0 saturated carbocycles. The van der Waals surface area contributed by atoms with Gasteiger partial charge in [0.15, 0.2) is 0 Å². The van der Waals surface area contributed by atoms with E-state index in [2.05, 4.69) is 36.5 Å². The summed E-state index contributed by atoms with van der Waals surface area (Å²) in [6, 6.07) is 16.5. The fourth-order valence-corrected chi connectivity index (χ4v) is 1.88. The highest BCUT2D eigenvalue weighted by Crippen LogP contribution is 2.16. The van der Waals surface area contributed by atoms with Gasteiger partial charge in [-0.3, -0.25) is 0 Å². The highest BCUT2D eigenvalue weighted by atomic mass is 16.5. The maximum absolute atomic E-state index is 5.83. The first-order valence-electron chi connectivity index (χ1n) is 6.20. The van der Waals surface area contributed by atoms with Gasteiger partial charge in [0.2, 0.25) is 0 Å². The molecule has 94 valence electrons. The minimum Gasteiger partial charge on any atom is -0.489 e. The van der Waals surface area contributed by atoms with Crippen molar-refractivity contribution < 1.29 is 4.74 Å². The number of aryl methyl sites for hydroxylation is 1. The van der Waals surface area contributed by atoms with E-state index >= 15 is 0 Å². The van der Waals surface area contributed by atoms with Gasteiger partial charge in [-0.1, -0.05) is 36.4 Å². The quantitative estimate of drug-likeness (QED) is 0.867. The minimum absolute atomic E-state index is 0.621. The van der Waals surface area contributed by atoms with Crippen LogP contribution in [0.15, 0.2) is 48.5 Å². The van der Waals surface area contributed by atoms with Gasteiger partial charge in [-0.15, -0.1) is 0 Å². The molecule has 0 radical (unpaired) electrons. The van der Waals surface area contributed by atoms with E-state index in [9.17, 15) is 0 Å². The summed E-state index contributed by atoms with van der Waals surface area (Å²) in [5.41, 5.74) is 3.74. The molecule has 0 amide bonds. The Labute approximate surface area is 109 Å². The lowest BCUT2D eigenvalue weighted by molar-refractivity contribution is 0.305. The second-order valence-electron chi connectivity index (χ2n) is 4.39. The van der Waals surface area contributed by atoms with Crippen LogP contribution in [0.4, 0.5) is 0 Å². The van der Waals surface area contributed by atoms with Crippen molar-refractivity contribution in [3.8, 4) is 5.75 Å². The van der Waals surface area contributed by atoms with Crippen LogP contribution in [0.2, 0.25) is 0 Å². The third kappa shape index (κ3) is 3.34. The fourth-order valence-electron chi connectivity index (χ4n) is 1.88. The van der Waals surface area contributed by atoms with E-state index in [0.29, 0.717) is 6.61 Å². The average molecular weight is 241 g/mol. The highest BCUT2D eigenvalue weighted by molar-refractivity contribution is 5.30. The molecule has 0 aliphatic carbocycles. The number of hydrogen-bond acceptors (Lipinski definition) is 2. The molecule has 0 heterocycles. The van der Waals surface area contributed by atoms with Crippen molar-refractivity contribution in [2.24, 2.45) is 0 Å². The van der Waals surface area contributed by atoms with Crippen molar-refractivity contribution in [2.45, 2.75) is 20.1 Å². The summed E-state index contributed by atoms with van der Waals surface area (Å²) in [6.07, 6.45) is 0. The zero-order valence-corrected chi connectivity index (χ0v) is 10.9. The Bertz CT molecular complexity index is 508. The van der Waals surface area contributed by atoms with E-state index < -0.39 is 0 Å². The van der Waals surface area contributed by atoms with E-state index in [0.717, 1.165) is 12.3 Å². The molecule has 2 aromatic carbocycles. The summed E-state index contributed by atoms with van der Waals surface area (Å²) in [7, 11) is 1.95. The molecule has 1 N–H and O–H groups in total. The predicted octanol–water partition coefficient (Wildman–Crippen LogP) is 3.29. The third-order valence-corrected chi connectivity index (χ3v) is 2.93.